The number of benzene rings is 1. The van der Waals surface area contributed by atoms with E-state index in [4.69, 9.17) is 4.74 Å². The number of ether oxygens (including phenoxy) is 1. The Kier molecular flexibility index (Phi) is 11.5. The van der Waals surface area contributed by atoms with Gasteiger partial charge < -0.3 is 20.3 Å². The summed E-state index contributed by atoms with van der Waals surface area (Å²) in [6.45, 7) is 5.42. The topological polar surface area (TPSA) is 61.8 Å². The summed E-state index contributed by atoms with van der Waals surface area (Å²) in [6.07, 6.45) is 5.15. The van der Waals surface area contributed by atoms with Crippen molar-refractivity contribution in [2.45, 2.75) is 25.9 Å². The van der Waals surface area contributed by atoms with Crippen LogP contribution in [0.15, 0.2) is 59.7 Å². The van der Waals surface area contributed by atoms with Gasteiger partial charge in [-0.2, -0.15) is 0 Å². The molecular formula is C23H34IN5O. The normalized spacial score (nSPS) is 16.2. The number of aliphatic imine (C=N–C) groups is 1. The van der Waals surface area contributed by atoms with Crippen LogP contribution in [0.5, 0.6) is 0 Å². The van der Waals surface area contributed by atoms with E-state index in [1.807, 2.05) is 37.5 Å². The molecule has 1 fully saturated rings. The van der Waals surface area contributed by atoms with Gasteiger partial charge in [-0.1, -0.05) is 36.4 Å². The third-order valence-corrected chi connectivity index (χ3v) is 5.12. The molecule has 1 aromatic heterocycles. The maximum absolute atomic E-state index is 5.93. The van der Waals surface area contributed by atoms with Crippen molar-refractivity contribution in [3.05, 3.63) is 60.3 Å². The number of hydrogen-bond donors (Lipinski definition) is 2. The Labute approximate surface area is 197 Å². The van der Waals surface area contributed by atoms with Gasteiger partial charge in [0.05, 0.1) is 13.2 Å². The second-order valence-corrected chi connectivity index (χ2v) is 7.42. The third-order valence-electron chi connectivity index (χ3n) is 5.12. The lowest BCUT2D eigenvalue weighted by Gasteiger charge is -2.21. The van der Waals surface area contributed by atoms with Crippen LogP contribution in [0.4, 0.5) is 5.82 Å². The number of likely N-dealkylation sites (tertiary alicyclic amines) is 1. The number of unbranched alkanes of at least 4 members (excludes halogenated alkanes) is 1. The minimum absolute atomic E-state index is 0. The number of aromatic nitrogens is 1. The fourth-order valence-electron chi connectivity index (χ4n) is 3.55. The highest BCUT2D eigenvalue weighted by Gasteiger charge is 2.24. The highest BCUT2D eigenvalue weighted by molar-refractivity contribution is 14.0. The molecule has 2 aromatic rings. The molecule has 1 unspecified atom stereocenters. The molecule has 6 nitrogen and oxygen atoms in total. The number of rotatable bonds is 10. The molecule has 164 valence electrons. The summed E-state index contributed by atoms with van der Waals surface area (Å²) in [5.74, 6) is 2.52. The predicted molar refractivity (Wildman–Crippen MR) is 135 cm³/mol. The monoisotopic (exact) mass is 523 g/mol. The van der Waals surface area contributed by atoms with E-state index in [1.54, 1.807) is 0 Å². The van der Waals surface area contributed by atoms with Crippen molar-refractivity contribution in [2.75, 3.05) is 45.2 Å². The Morgan fingerprint density at radius 2 is 1.93 bits per heavy atom. The Hall–Kier alpha value is -1.87. The molecule has 2 heterocycles. The van der Waals surface area contributed by atoms with E-state index in [2.05, 4.69) is 49.8 Å². The van der Waals surface area contributed by atoms with Crippen molar-refractivity contribution in [1.82, 2.24) is 15.2 Å². The van der Waals surface area contributed by atoms with E-state index in [9.17, 15) is 0 Å². The first-order chi connectivity index (χ1) is 14.3. The van der Waals surface area contributed by atoms with Crippen LogP contribution in [0, 0.1) is 5.92 Å². The number of guanidine groups is 1. The molecule has 3 rings (SSSR count). The van der Waals surface area contributed by atoms with Crippen LogP contribution in [0.1, 0.15) is 24.8 Å². The summed E-state index contributed by atoms with van der Waals surface area (Å²) >= 11 is 0. The Bertz CT molecular complexity index is 729. The molecule has 7 heteroatoms. The number of halogens is 1. The van der Waals surface area contributed by atoms with Crippen molar-refractivity contribution in [3.8, 4) is 0 Å². The van der Waals surface area contributed by atoms with Crippen LogP contribution >= 0.6 is 24.0 Å². The average Bonchev–Trinajstić information content (AvgIpc) is 3.23. The maximum Gasteiger partial charge on any atom is 0.193 e. The van der Waals surface area contributed by atoms with Gasteiger partial charge in [0, 0.05) is 45.3 Å². The molecule has 1 aliphatic rings. The van der Waals surface area contributed by atoms with E-state index in [0.717, 1.165) is 63.8 Å². The highest BCUT2D eigenvalue weighted by atomic mass is 127. The number of anilines is 1. The first-order valence-corrected chi connectivity index (χ1v) is 10.6. The van der Waals surface area contributed by atoms with Crippen LogP contribution in [-0.2, 0) is 11.3 Å². The number of nitrogens with one attached hydrogen (secondary N) is 2. The molecular weight excluding hydrogens is 489 g/mol. The summed E-state index contributed by atoms with van der Waals surface area (Å²) in [6, 6.07) is 16.3. The van der Waals surface area contributed by atoms with E-state index >= 15 is 0 Å². The van der Waals surface area contributed by atoms with Crippen LogP contribution in [0.25, 0.3) is 0 Å². The zero-order chi connectivity index (χ0) is 20.2. The third kappa shape index (κ3) is 8.47. The molecule has 0 aliphatic carbocycles. The lowest BCUT2D eigenvalue weighted by molar-refractivity contribution is 0.0907. The van der Waals surface area contributed by atoms with Gasteiger partial charge in [0.15, 0.2) is 5.96 Å². The van der Waals surface area contributed by atoms with Gasteiger partial charge >= 0.3 is 0 Å². The zero-order valence-electron chi connectivity index (χ0n) is 17.8. The minimum Gasteiger partial charge on any atom is -0.376 e. The van der Waals surface area contributed by atoms with Crippen molar-refractivity contribution in [2.24, 2.45) is 10.9 Å². The van der Waals surface area contributed by atoms with Gasteiger partial charge in [-0.3, -0.25) is 4.99 Å². The van der Waals surface area contributed by atoms with Gasteiger partial charge in [0.2, 0.25) is 0 Å². The summed E-state index contributed by atoms with van der Waals surface area (Å²) < 4.78 is 5.93. The quantitative estimate of drug-likeness (QED) is 0.213. The molecule has 2 N–H and O–H groups in total. The van der Waals surface area contributed by atoms with E-state index in [-0.39, 0.29) is 24.0 Å². The van der Waals surface area contributed by atoms with E-state index in [0.29, 0.717) is 12.5 Å². The van der Waals surface area contributed by atoms with Gasteiger partial charge in [0.1, 0.15) is 5.82 Å². The molecule has 0 spiro atoms. The standard InChI is InChI=1S/C23H33N5O.HI/c1-24-23(27-15-8-7-14-26-22-11-5-6-13-25-22)28-16-12-21(17-28)19-29-18-20-9-3-2-4-10-20;/h2-6,9-11,13,21H,7-8,12,14-19H2,1H3,(H,24,27)(H,25,26);1H. The summed E-state index contributed by atoms with van der Waals surface area (Å²) in [7, 11) is 1.87. The fourth-order valence-corrected chi connectivity index (χ4v) is 3.55. The van der Waals surface area contributed by atoms with Crippen LogP contribution in [0.3, 0.4) is 0 Å². The fraction of sp³-hybridized carbons (Fsp3) is 0.478. The van der Waals surface area contributed by atoms with Crippen LogP contribution < -0.4 is 10.6 Å². The first kappa shape index (κ1) is 24.4. The summed E-state index contributed by atoms with van der Waals surface area (Å²) in [5, 5.41) is 6.85. The molecule has 1 aliphatic heterocycles. The van der Waals surface area contributed by atoms with Gasteiger partial charge in [-0.15, -0.1) is 24.0 Å². The number of pyridine rings is 1. The van der Waals surface area contributed by atoms with Crippen molar-refractivity contribution in [3.63, 3.8) is 0 Å². The van der Waals surface area contributed by atoms with Gasteiger partial charge in [-0.05, 0) is 37.0 Å². The lowest BCUT2D eigenvalue weighted by atomic mass is 10.1. The largest absolute Gasteiger partial charge is 0.376 e. The number of nitrogens with zero attached hydrogens (tertiary/aromatic N) is 3. The minimum atomic E-state index is 0. The molecule has 0 saturated carbocycles. The Morgan fingerprint density at radius 3 is 2.70 bits per heavy atom. The molecule has 1 saturated heterocycles. The molecule has 0 radical (unpaired) electrons. The average molecular weight is 523 g/mol. The SMILES string of the molecule is CN=C(NCCCCNc1ccccn1)N1CCC(COCc2ccccc2)C1.I. The van der Waals surface area contributed by atoms with Crippen molar-refractivity contribution in [1.29, 1.82) is 0 Å². The van der Waals surface area contributed by atoms with Gasteiger partial charge in [0.25, 0.3) is 0 Å². The van der Waals surface area contributed by atoms with Crippen LogP contribution in [0.2, 0.25) is 0 Å². The maximum atomic E-state index is 5.93. The van der Waals surface area contributed by atoms with Crippen molar-refractivity contribution < 1.29 is 4.74 Å². The molecule has 0 amide bonds. The Morgan fingerprint density at radius 1 is 1.13 bits per heavy atom. The van der Waals surface area contributed by atoms with Crippen molar-refractivity contribution >= 4 is 35.8 Å². The smallest absolute Gasteiger partial charge is 0.193 e. The second kappa shape index (κ2) is 14.2. The number of hydrogen-bond acceptors (Lipinski definition) is 4. The zero-order valence-corrected chi connectivity index (χ0v) is 20.1. The molecule has 30 heavy (non-hydrogen) atoms. The summed E-state index contributed by atoms with van der Waals surface area (Å²) in [5.41, 5.74) is 1.23. The van der Waals surface area contributed by atoms with Gasteiger partial charge in [-0.25, -0.2) is 4.98 Å². The predicted octanol–water partition coefficient (Wildman–Crippen LogP) is 4.01. The van der Waals surface area contributed by atoms with E-state index < -0.39 is 0 Å². The van der Waals surface area contributed by atoms with E-state index in [1.165, 1.54) is 5.56 Å². The lowest BCUT2D eigenvalue weighted by Crippen LogP contribution is -2.40. The van der Waals surface area contributed by atoms with Crippen LogP contribution in [-0.4, -0.2) is 55.7 Å². The molecule has 1 atom stereocenters. The first-order valence-electron chi connectivity index (χ1n) is 10.6. The molecule has 1 aromatic carbocycles. The molecule has 0 bridgehead atoms. The summed E-state index contributed by atoms with van der Waals surface area (Å²) in [4.78, 5) is 11.1. The second-order valence-electron chi connectivity index (χ2n) is 7.42. The Balaban J connectivity index is 0.00000320. The highest BCUT2D eigenvalue weighted by Crippen LogP contribution is 2.17.